The number of hydrogen-bond donors (Lipinski definition) is 2. The predicted octanol–water partition coefficient (Wildman–Crippen LogP) is 2.78. The first-order valence-electron chi connectivity index (χ1n) is 7.34. The van der Waals surface area contributed by atoms with Crippen molar-refractivity contribution < 1.29 is 9.53 Å². The van der Waals surface area contributed by atoms with Gasteiger partial charge in [0.2, 0.25) is 0 Å². The normalized spacial score (nSPS) is 13.6. The lowest BCUT2D eigenvalue weighted by atomic mass is 10.1. The second-order valence-electron chi connectivity index (χ2n) is 5.13. The molecule has 4 nitrogen and oxygen atoms in total. The molecule has 2 atom stereocenters. The SMILES string of the molecule is CCCC(C)NC(=O)COc1ccc([C@@H](N)CC)cc1. The van der Waals surface area contributed by atoms with E-state index in [0.717, 1.165) is 24.8 Å². The van der Waals surface area contributed by atoms with Crippen molar-refractivity contribution in [3.05, 3.63) is 29.8 Å². The molecule has 20 heavy (non-hydrogen) atoms. The van der Waals surface area contributed by atoms with Crippen LogP contribution in [0.2, 0.25) is 0 Å². The summed E-state index contributed by atoms with van der Waals surface area (Å²) in [5.74, 6) is 0.607. The standard InChI is InChI=1S/C16H26N2O2/c1-4-6-12(3)18-16(19)11-20-14-9-7-13(8-10-14)15(17)5-2/h7-10,12,15H,4-6,11,17H2,1-3H3,(H,18,19)/t12?,15-/m0/s1. The fourth-order valence-electron chi connectivity index (χ4n) is 2.02. The molecule has 0 spiro atoms. The van der Waals surface area contributed by atoms with Crippen molar-refractivity contribution in [1.29, 1.82) is 0 Å². The van der Waals surface area contributed by atoms with Crippen molar-refractivity contribution in [2.75, 3.05) is 6.61 Å². The van der Waals surface area contributed by atoms with Crippen LogP contribution in [0, 0.1) is 0 Å². The minimum atomic E-state index is -0.0831. The molecule has 3 N–H and O–H groups in total. The van der Waals surface area contributed by atoms with Crippen LogP contribution in [0.25, 0.3) is 0 Å². The van der Waals surface area contributed by atoms with Crippen LogP contribution in [0.15, 0.2) is 24.3 Å². The Morgan fingerprint density at radius 2 is 1.95 bits per heavy atom. The predicted molar refractivity (Wildman–Crippen MR) is 81.7 cm³/mol. The van der Waals surface area contributed by atoms with Crippen molar-refractivity contribution in [3.63, 3.8) is 0 Å². The summed E-state index contributed by atoms with van der Waals surface area (Å²) in [5, 5.41) is 2.91. The van der Waals surface area contributed by atoms with E-state index in [0.29, 0.717) is 5.75 Å². The van der Waals surface area contributed by atoms with Gasteiger partial charge in [-0.2, -0.15) is 0 Å². The largest absolute Gasteiger partial charge is 0.484 e. The molecule has 4 heteroatoms. The minimum Gasteiger partial charge on any atom is -0.484 e. The summed E-state index contributed by atoms with van der Waals surface area (Å²) in [4.78, 5) is 11.7. The van der Waals surface area contributed by atoms with Gasteiger partial charge in [0.15, 0.2) is 6.61 Å². The van der Waals surface area contributed by atoms with Gasteiger partial charge in [-0.3, -0.25) is 4.79 Å². The third-order valence-electron chi connectivity index (χ3n) is 3.25. The van der Waals surface area contributed by atoms with E-state index in [1.807, 2.05) is 31.2 Å². The number of carbonyl (C=O) groups is 1. The van der Waals surface area contributed by atoms with E-state index in [9.17, 15) is 4.79 Å². The maximum absolute atomic E-state index is 11.7. The van der Waals surface area contributed by atoms with Gasteiger partial charge >= 0.3 is 0 Å². The molecule has 1 aromatic carbocycles. The quantitative estimate of drug-likeness (QED) is 0.768. The Labute approximate surface area is 121 Å². The Balaban J connectivity index is 2.40. The molecular formula is C16H26N2O2. The molecule has 0 aromatic heterocycles. The topological polar surface area (TPSA) is 64.3 Å². The van der Waals surface area contributed by atoms with Gasteiger partial charge < -0.3 is 15.8 Å². The second-order valence-corrected chi connectivity index (χ2v) is 5.13. The van der Waals surface area contributed by atoms with Crippen molar-refractivity contribution in [2.45, 2.75) is 52.1 Å². The van der Waals surface area contributed by atoms with E-state index >= 15 is 0 Å². The van der Waals surface area contributed by atoms with Crippen LogP contribution in [0.3, 0.4) is 0 Å². The molecule has 0 aliphatic carbocycles. The van der Waals surface area contributed by atoms with Gasteiger partial charge in [-0.1, -0.05) is 32.4 Å². The first-order chi connectivity index (χ1) is 9.56. The van der Waals surface area contributed by atoms with Crippen LogP contribution >= 0.6 is 0 Å². The van der Waals surface area contributed by atoms with Gasteiger partial charge in [0.1, 0.15) is 5.75 Å². The van der Waals surface area contributed by atoms with E-state index in [1.165, 1.54) is 0 Å². The molecule has 1 aromatic rings. The molecule has 112 valence electrons. The first kappa shape index (κ1) is 16.5. The van der Waals surface area contributed by atoms with Crippen molar-refractivity contribution in [1.82, 2.24) is 5.32 Å². The molecule has 0 saturated heterocycles. The van der Waals surface area contributed by atoms with E-state index < -0.39 is 0 Å². The first-order valence-corrected chi connectivity index (χ1v) is 7.34. The maximum Gasteiger partial charge on any atom is 0.258 e. The molecule has 0 saturated carbocycles. The lowest BCUT2D eigenvalue weighted by Gasteiger charge is -2.14. The number of carbonyl (C=O) groups excluding carboxylic acids is 1. The van der Waals surface area contributed by atoms with Gasteiger partial charge in [0, 0.05) is 12.1 Å². The molecule has 0 bridgehead atoms. The highest BCUT2D eigenvalue weighted by Gasteiger charge is 2.08. The molecule has 0 aliphatic heterocycles. The number of benzene rings is 1. The zero-order chi connectivity index (χ0) is 15.0. The molecule has 1 unspecified atom stereocenters. The fraction of sp³-hybridized carbons (Fsp3) is 0.562. The summed E-state index contributed by atoms with van der Waals surface area (Å²) < 4.78 is 5.46. The fourth-order valence-corrected chi connectivity index (χ4v) is 2.02. The monoisotopic (exact) mass is 278 g/mol. The highest BCUT2D eigenvalue weighted by molar-refractivity contribution is 5.77. The molecule has 0 aliphatic rings. The average Bonchev–Trinajstić information content (AvgIpc) is 2.45. The third-order valence-corrected chi connectivity index (χ3v) is 3.25. The number of ether oxygens (including phenoxy) is 1. The average molecular weight is 278 g/mol. The molecule has 0 fully saturated rings. The van der Waals surface area contributed by atoms with Crippen molar-refractivity contribution in [2.24, 2.45) is 5.73 Å². The van der Waals surface area contributed by atoms with Crippen molar-refractivity contribution >= 4 is 5.91 Å². The van der Waals surface area contributed by atoms with Crippen molar-refractivity contribution in [3.8, 4) is 5.75 Å². The lowest BCUT2D eigenvalue weighted by molar-refractivity contribution is -0.123. The van der Waals surface area contributed by atoms with E-state index in [-0.39, 0.29) is 24.6 Å². The number of nitrogens with two attached hydrogens (primary N) is 1. The van der Waals surface area contributed by atoms with Gasteiger partial charge in [0.25, 0.3) is 5.91 Å². The molecule has 0 radical (unpaired) electrons. The van der Waals surface area contributed by atoms with Gasteiger partial charge in [-0.25, -0.2) is 0 Å². The zero-order valence-electron chi connectivity index (χ0n) is 12.7. The molecule has 0 heterocycles. The molecule has 1 amide bonds. The lowest BCUT2D eigenvalue weighted by Crippen LogP contribution is -2.35. The van der Waals surface area contributed by atoms with E-state index in [1.54, 1.807) is 0 Å². The highest BCUT2D eigenvalue weighted by Crippen LogP contribution is 2.18. The Hall–Kier alpha value is -1.55. The van der Waals surface area contributed by atoms with E-state index in [2.05, 4.69) is 19.2 Å². The van der Waals surface area contributed by atoms with Crippen LogP contribution < -0.4 is 15.8 Å². The second kappa shape index (κ2) is 8.59. The Morgan fingerprint density at radius 1 is 1.30 bits per heavy atom. The number of hydrogen-bond acceptors (Lipinski definition) is 3. The highest BCUT2D eigenvalue weighted by atomic mass is 16.5. The molecule has 1 rings (SSSR count). The number of rotatable bonds is 8. The van der Waals surface area contributed by atoms with Crippen LogP contribution in [-0.2, 0) is 4.79 Å². The Bertz CT molecular complexity index is 403. The molecular weight excluding hydrogens is 252 g/mol. The Morgan fingerprint density at radius 3 is 2.50 bits per heavy atom. The summed E-state index contributed by atoms with van der Waals surface area (Å²) >= 11 is 0. The maximum atomic E-state index is 11.7. The van der Waals surface area contributed by atoms with Crippen LogP contribution in [0.5, 0.6) is 5.75 Å². The summed E-state index contributed by atoms with van der Waals surface area (Å²) in [7, 11) is 0. The summed E-state index contributed by atoms with van der Waals surface area (Å²) in [6.45, 7) is 6.20. The van der Waals surface area contributed by atoms with Crippen LogP contribution in [0.1, 0.15) is 51.6 Å². The third kappa shape index (κ3) is 5.61. The number of amides is 1. The van der Waals surface area contributed by atoms with Crippen LogP contribution in [-0.4, -0.2) is 18.6 Å². The van der Waals surface area contributed by atoms with Gasteiger partial charge in [0.05, 0.1) is 0 Å². The summed E-state index contributed by atoms with van der Waals surface area (Å²) in [6, 6.07) is 7.85. The van der Waals surface area contributed by atoms with Crippen LogP contribution in [0.4, 0.5) is 0 Å². The summed E-state index contributed by atoms with van der Waals surface area (Å²) in [6.07, 6.45) is 2.94. The zero-order valence-corrected chi connectivity index (χ0v) is 12.7. The van der Waals surface area contributed by atoms with Gasteiger partial charge in [-0.05, 0) is 37.5 Å². The summed E-state index contributed by atoms with van der Waals surface area (Å²) in [5.41, 5.74) is 7.03. The smallest absolute Gasteiger partial charge is 0.258 e. The van der Waals surface area contributed by atoms with E-state index in [4.69, 9.17) is 10.5 Å². The minimum absolute atomic E-state index is 0.0488. The Kier molecular flexibility index (Phi) is 7.09. The number of nitrogens with one attached hydrogen (secondary N) is 1. The van der Waals surface area contributed by atoms with Gasteiger partial charge in [-0.15, -0.1) is 0 Å².